The molecule has 1 aliphatic heterocycles. The maximum Gasteiger partial charge on any atom is 0.182 e. The minimum absolute atomic E-state index is 0.592. The standard InChI is InChI=1S/C25H24BN3O2/c1-2-3-4-22-24(30-20-8-5-19(17-27)6-9-20)12-10-21-23(28-31-25(21)22)11-7-18-13-15-29(26)16-14-18/h2,4-6,8-10,12,18H,7,11,13-16H2,1H3. The summed E-state index contributed by atoms with van der Waals surface area (Å²) in [5.74, 6) is 1.98. The minimum Gasteiger partial charge on any atom is -0.457 e. The number of allylic oxidation sites excluding steroid dienone is 1. The molecule has 0 atom stereocenters. The van der Waals surface area contributed by atoms with Gasteiger partial charge in [-0.15, -0.1) is 5.73 Å². The normalized spacial score (nSPS) is 14.7. The highest BCUT2D eigenvalue weighted by Crippen LogP contribution is 2.35. The van der Waals surface area contributed by atoms with Crippen molar-refractivity contribution in [1.82, 2.24) is 9.97 Å². The third-order valence-electron chi connectivity index (χ3n) is 5.76. The van der Waals surface area contributed by atoms with Crippen LogP contribution < -0.4 is 4.74 Å². The topological polar surface area (TPSA) is 62.3 Å². The van der Waals surface area contributed by atoms with Gasteiger partial charge in [0.05, 0.1) is 22.9 Å². The van der Waals surface area contributed by atoms with Crippen molar-refractivity contribution in [3.63, 3.8) is 0 Å². The first-order valence-electron chi connectivity index (χ1n) is 10.6. The van der Waals surface area contributed by atoms with Gasteiger partial charge in [-0.1, -0.05) is 5.16 Å². The number of hydrogen-bond acceptors (Lipinski definition) is 5. The highest BCUT2D eigenvalue weighted by molar-refractivity contribution is 6.04. The number of hydrogen-bond donors (Lipinski definition) is 0. The maximum absolute atomic E-state index is 8.98. The average Bonchev–Trinajstić information content (AvgIpc) is 3.21. The van der Waals surface area contributed by atoms with Crippen molar-refractivity contribution in [2.24, 2.45) is 5.92 Å². The molecule has 3 aromatic rings. The van der Waals surface area contributed by atoms with E-state index in [1.54, 1.807) is 24.3 Å². The smallest absolute Gasteiger partial charge is 0.182 e. The number of aryl methyl sites for hydroxylation is 1. The van der Waals surface area contributed by atoms with Gasteiger partial charge >= 0.3 is 0 Å². The Bertz CT molecular complexity index is 1150. The lowest BCUT2D eigenvalue weighted by Gasteiger charge is -2.29. The molecular formula is C25H24BN3O2. The van der Waals surface area contributed by atoms with Gasteiger partial charge in [-0.2, -0.15) is 5.26 Å². The highest BCUT2D eigenvalue weighted by atomic mass is 16.5. The molecule has 1 aliphatic rings. The number of fused-ring (bicyclic) bond motifs is 1. The molecule has 4 rings (SSSR count). The lowest BCUT2D eigenvalue weighted by atomic mass is 9.90. The Hall–Kier alpha value is -3.26. The van der Waals surface area contributed by atoms with Crippen LogP contribution in [0.15, 0.2) is 52.7 Å². The lowest BCUT2D eigenvalue weighted by molar-refractivity contribution is 0.270. The molecule has 0 amide bonds. The summed E-state index contributed by atoms with van der Waals surface area (Å²) < 4.78 is 11.9. The van der Waals surface area contributed by atoms with E-state index in [9.17, 15) is 0 Å². The first kappa shape index (κ1) is 21.0. The fourth-order valence-corrected chi connectivity index (χ4v) is 3.94. The summed E-state index contributed by atoms with van der Waals surface area (Å²) in [5.41, 5.74) is 6.19. The summed E-state index contributed by atoms with van der Waals surface area (Å²) in [4.78, 5) is 1.90. The van der Waals surface area contributed by atoms with Gasteiger partial charge in [0.2, 0.25) is 0 Å². The summed E-state index contributed by atoms with van der Waals surface area (Å²) in [6.45, 7) is 3.83. The van der Waals surface area contributed by atoms with Crippen molar-refractivity contribution in [2.45, 2.75) is 32.6 Å². The molecule has 5 nitrogen and oxygen atoms in total. The van der Waals surface area contributed by atoms with Crippen LogP contribution in [0, 0.1) is 17.2 Å². The maximum atomic E-state index is 8.98. The van der Waals surface area contributed by atoms with Gasteiger partial charge in [-0.3, -0.25) is 0 Å². The lowest BCUT2D eigenvalue weighted by Crippen LogP contribution is -2.31. The number of ether oxygens (including phenoxy) is 1. The third-order valence-corrected chi connectivity index (χ3v) is 5.76. The van der Waals surface area contributed by atoms with E-state index in [2.05, 4.69) is 17.0 Å². The second-order valence-electron chi connectivity index (χ2n) is 7.84. The van der Waals surface area contributed by atoms with E-state index in [-0.39, 0.29) is 0 Å². The molecule has 6 heteroatoms. The number of aromatic nitrogens is 1. The molecule has 1 fully saturated rings. The molecule has 0 bridgehead atoms. The largest absolute Gasteiger partial charge is 0.457 e. The van der Waals surface area contributed by atoms with E-state index in [0.717, 1.165) is 55.4 Å². The van der Waals surface area contributed by atoms with Gasteiger partial charge in [0.25, 0.3) is 0 Å². The molecule has 2 heterocycles. The number of benzene rings is 2. The first-order chi connectivity index (χ1) is 15.2. The van der Waals surface area contributed by atoms with Gasteiger partial charge in [0.1, 0.15) is 11.5 Å². The summed E-state index contributed by atoms with van der Waals surface area (Å²) in [5, 5.41) is 14.4. The molecule has 0 spiro atoms. The zero-order valence-electron chi connectivity index (χ0n) is 17.7. The number of nitrogens with zero attached hydrogens (tertiary/aromatic N) is 3. The van der Waals surface area contributed by atoms with E-state index < -0.39 is 0 Å². The first-order valence-corrected chi connectivity index (χ1v) is 10.6. The van der Waals surface area contributed by atoms with Gasteiger partial charge < -0.3 is 14.1 Å². The summed E-state index contributed by atoms with van der Waals surface area (Å²) in [6.07, 6.45) is 7.91. The molecule has 0 saturated carbocycles. The van der Waals surface area contributed by atoms with E-state index in [1.165, 1.54) is 0 Å². The van der Waals surface area contributed by atoms with Crippen molar-refractivity contribution >= 4 is 25.0 Å². The second-order valence-corrected chi connectivity index (χ2v) is 7.84. The predicted molar refractivity (Wildman–Crippen MR) is 122 cm³/mol. The SMILES string of the molecule is [B]N1CCC(CCc2noc3c(C=C=CC)c(Oc4ccc(C#N)cc4)ccc23)CC1. The van der Waals surface area contributed by atoms with E-state index in [4.69, 9.17) is 22.5 Å². The highest BCUT2D eigenvalue weighted by Gasteiger charge is 2.19. The Morgan fingerprint density at radius 1 is 1.23 bits per heavy atom. The number of piperidine rings is 1. The predicted octanol–water partition coefficient (Wildman–Crippen LogP) is 5.41. The molecule has 31 heavy (non-hydrogen) atoms. The Morgan fingerprint density at radius 2 is 2.00 bits per heavy atom. The summed E-state index contributed by atoms with van der Waals surface area (Å²) in [6, 6.07) is 13.1. The molecule has 1 saturated heterocycles. The molecule has 2 radical (unpaired) electrons. The van der Waals surface area contributed by atoms with Crippen LogP contribution >= 0.6 is 0 Å². The van der Waals surface area contributed by atoms with Gasteiger partial charge in [-0.25, -0.2) is 0 Å². The zero-order chi connectivity index (χ0) is 21.6. The quantitative estimate of drug-likeness (QED) is 0.403. The summed E-state index contributed by atoms with van der Waals surface area (Å²) >= 11 is 0. The average molecular weight is 409 g/mol. The number of nitriles is 1. The van der Waals surface area contributed by atoms with Crippen molar-refractivity contribution in [1.29, 1.82) is 5.26 Å². The Kier molecular flexibility index (Phi) is 6.57. The van der Waals surface area contributed by atoms with Crippen LogP contribution in [0.3, 0.4) is 0 Å². The minimum atomic E-state index is 0.592. The monoisotopic (exact) mass is 409 g/mol. The van der Waals surface area contributed by atoms with Crippen LogP contribution in [-0.2, 0) is 6.42 Å². The Labute approximate surface area is 184 Å². The van der Waals surface area contributed by atoms with Crippen molar-refractivity contribution in [2.75, 3.05) is 13.1 Å². The molecule has 0 aliphatic carbocycles. The van der Waals surface area contributed by atoms with Crippen molar-refractivity contribution < 1.29 is 9.26 Å². The van der Waals surface area contributed by atoms with E-state index in [1.807, 2.05) is 36.0 Å². The van der Waals surface area contributed by atoms with Crippen molar-refractivity contribution in [3.8, 4) is 17.6 Å². The fourth-order valence-electron chi connectivity index (χ4n) is 3.94. The van der Waals surface area contributed by atoms with Crippen LogP contribution in [0.4, 0.5) is 0 Å². The zero-order valence-corrected chi connectivity index (χ0v) is 17.7. The van der Waals surface area contributed by atoms with E-state index in [0.29, 0.717) is 28.6 Å². The van der Waals surface area contributed by atoms with Crippen LogP contribution in [0.1, 0.15) is 43.0 Å². The molecule has 154 valence electrons. The molecule has 0 unspecified atom stereocenters. The van der Waals surface area contributed by atoms with E-state index >= 15 is 0 Å². The Morgan fingerprint density at radius 3 is 2.71 bits per heavy atom. The second kappa shape index (κ2) is 9.70. The number of rotatable bonds is 6. The molecule has 0 N–H and O–H groups in total. The molecular weight excluding hydrogens is 385 g/mol. The van der Waals surface area contributed by atoms with Gasteiger partial charge in [-0.05, 0) is 100 Å². The molecule has 1 aromatic heterocycles. The van der Waals surface area contributed by atoms with Crippen LogP contribution in [0.5, 0.6) is 11.5 Å². The van der Waals surface area contributed by atoms with Crippen molar-refractivity contribution in [3.05, 3.63) is 65.0 Å². The van der Waals surface area contributed by atoms with Gasteiger partial charge in [0, 0.05) is 5.39 Å². The van der Waals surface area contributed by atoms with Crippen LogP contribution in [0.25, 0.3) is 17.0 Å². The Balaban J connectivity index is 1.59. The van der Waals surface area contributed by atoms with Crippen LogP contribution in [0.2, 0.25) is 0 Å². The van der Waals surface area contributed by atoms with Crippen LogP contribution in [-0.4, -0.2) is 31.0 Å². The fraction of sp³-hybridized carbons (Fsp3) is 0.320. The third kappa shape index (κ3) is 4.91. The molecule has 2 aromatic carbocycles. The van der Waals surface area contributed by atoms with Gasteiger partial charge in [0.15, 0.2) is 13.6 Å². The summed E-state index contributed by atoms with van der Waals surface area (Å²) in [7, 11) is 5.87.